The van der Waals surface area contributed by atoms with Crippen LogP contribution < -0.4 is 21.3 Å². The first-order valence-corrected chi connectivity index (χ1v) is 14.2. The van der Waals surface area contributed by atoms with Crippen LogP contribution in [0.4, 0.5) is 9.93 Å². The molecule has 0 unspecified atom stereocenters. The normalized spacial score (nSPS) is 13.3. The van der Waals surface area contributed by atoms with E-state index in [2.05, 4.69) is 31.5 Å². The van der Waals surface area contributed by atoms with Crippen molar-refractivity contribution in [2.45, 2.75) is 71.8 Å². The largest absolute Gasteiger partial charge is 0.445 e. The minimum atomic E-state index is -0.928. The van der Waals surface area contributed by atoms with Crippen molar-refractivity contribution in [3.05, 3.63) is 76.8 Å². The number of hydrogen-bond acceptors (Lipinski definition) is 8. The number of anilines is 1. The number of aromatic nitrogens is 2. The predicted octanol–water partition coefficient (Wildman–Crippen LogP) is 4.21. The summed E-state index contributed by atoms with van der Waals surface area (Å²) in [6, 6.07) is 16.7. The Balaban J connectivity index is 1.67. The molecule has 0 aliphatic heterocycles. The molecule has 10 nitrogen and oxygen atoms in total. The molecule has 0 bridgehead atoms. The lowest BCUT2D eigenvalue weighted by Gasteiger charge is -2.25. The maximum absolute atomic E-state index is 13.6. The zero-order valence-corrected chi connectivity index (χ0v) is 24.3. The molecule has 0 aliphatic carbocycles. The Morgan fingerprint density at radius 1 is 0.800 bits per heavy atom. The number of nitrogens with one attached hydrogen (secondary N) is 4. The van der Waals surface area contributed by atoms with Gasteiger partial charge < -0.3 is 26.0 Å². The van der Waals surface area contributed by atoms with E-state index in [9.17, 15) is 14.4 Å². The molecule has 1 heterocycles. The molecule has 0 saturated heterocycles. The quantitative estimate of drug-likeness (QED) is 0.243. The minimum Gasteiger partial charge on any atom is -0.445 e. The third-order valence-electron chi connectivity index (χ3n) is 5.94. The van der Waals surface area contributed by atoms with E-state index in [-0.39, 0.29) is 30.9 Å². The lowest BCUT2D eigenvalue weighted by molar-refractivity contribution is -0.130. The Morgan fingerprint density at radius 3 is 2.02 bits per heavy atom. The summed E-state index contributed by atoms with van der Waals surface area (Å²) in [5.74, 6) is -0.839. The van der Waals surface area contributed by atoms with E-state index in [0.29, 0.717) is 10.1 Å². The maximum Gasteiger partial charge on any atom is 0.408 e. The van der Waals surface area contributed by atoms with Crippen LogP contribution in [-0.4, -0.2) is 46.2 Å². The second-order valence-electron chi connectivity index (χ2n) is 10.2. The molecule has 3 amide bonds. The van der Waals surface area contributed by atoms with Gasteiger partial charge in [0.15, 0.2) is 0 Å². The Morgan fingerprint density at radius 2 is 1.43 bits per heavy atom. The van der Waals surface area contributed by atoms with E-state index < -0.39 is 30.1 Å². The highest BCUT2D eigenvalue weighted by atomic mass is 32.1. The first-order chi connectivity index (χ1) is 19.1. The number of alkyl carbamates (subject to hydrolysis) is 1. The molecule has 0 fully saturated rings. The van der Waals surface area contributed by atoms with Gasteiger partial charge in [-0.25, -0.2) is 4.79 Å². The monoisotopic (exact) mass is 566 g/mol. The van der Waals surface area contributed by atoms with Crippen LogP contribution in [0.5, 0.6) is 0 Å². The summed E-state index contributed by atoms with van der Waals surface area (Å²) in [6.45, 7) is 9.62. The molecular weight excluding hydrogens is 528 g/mol. The summed E-state index contributed by atoms with van der Waals surface area (Å²) in [5, 5.41) is 21.5. The van der Waals surface area contributed by atoms with Crippen molar-refractivity contribution in [2.75, 3.05) is 5.32 Å². The number of carbonyl (C=O) groups excluding carboxylic acids is 3. The Kier molecular flexibility index (Phi) is 11.4. The molecule has 3 atom stereocenters. The van der Waals surface area contributed by atoms with Crippen molar-refractivity contribution in [1.29, 1.82) is 0 Å². The second kappa shape index (κ2) is 15.0. The topological polar surface area (TPSA) is 134 Å². The van der Waals surface area contributed by atoms with Gasteiger partial charge >= 0.3 is 6.09 Å². The van der Waals surface area contributed by atoms with Crippen molar-refractivity contribution in [3.63, 3.8) is 0 Å². The van der Waals surface area contributed by atoms with Crippen LogP contribution in [0.15, 0.2) is 60.7 Å². The third kappa shape index (κ3) is 9.64. The molecule has 0 saturated carbocycles. The number of rotatable bonds is 13. The highest BCUT2D eigenvalue weighted by molar-refractivity contribution is 7.15. The summed E-state index contributed by atoms with van der Waals surface area (Å²) in [4.78, 5) is 38.9. The number of amides is 3. The number of carbonyl (C=O) groups is 3. The SMILES string of the molecule is CC(C)Nc1nnc([C@@H](NC(=O)[C@H](Cc2ccccc2)NC(=O)[C@H](C)NC(=O)OCc2ccccc2)C(C)C)s1. The lowest BCUT2D eigenvalue weighted by Crippen LogP contribution is -2.54. The van der Waals surface area contributed by atoms with Crippen LogP contribution in [0.25, 0.3) is 0 Å². The van der Waals surface area contributed by atoms with Crippen molar-refractivity contribution >= 4 is 34.4 Å². The smallest absolute Gasteiger partial charge is 0.408 e. The van der Waals surface area contributed by atoms with E-state index in [4.69, 9.17) is 4.74 Å². The summed E-state index contributed by atoms with van der Waals surface area (Å²) in [7, 11) is 0. The molecule has 40 heavy (non-hydrogen) atoms. The van der Waals surface area contributed by atoms with E-state index >= 15 is 0 Å². The van der Waals surface area contributed by atoms with Gasteiger partial charge in [-0.2, -0.15) is 0 Å². The van der Waals surface area contributed by atoms with Crippen LogP contribution in [0.2, 0.25) is 0 Å². The Bertz CT molecular complexity index is 1240. The predicted molar refractivity (Wildman–Crippen MR) is 156 cm³/mol. The summed E-state index contributed by atoms with van der Waals surface area (Å²) in [5.41, 5.74) is 1.71. The molecule has 0 radical (unpaired) electrons. The van der Waals surface area contributed by atoms with Gasteiger partial charge in [0.25, 0.3) is 0 Å². The molecule has 3 rings (SSSR count). The number of ether oxygens (including phenoxy) is 1. The number of nitrogens with zero attached hydrogens (tertiary/aromatic N) is 2. The Labute approximate surface area is 239 Å². The summed E-state index contributed by atoms with van der Waals surface area (Å²) >= 11 is 1.39. The summed E-state index contributed by atoms with van der Waals surface area (Å²) < 4.78 is 5.22. The molecule has 214 valence electrons. The van der Waals surface area contributed by atoms with Crippen molar-refractivity contribution in [1.82, 2.24) is 26.1 Å². The van der Waals surface area contributed by atoms with Crippen LogP contribution in [0.3, 0.4) is 0 Å². The zero-order chi connectivity index (χ0) is 29.1. The average molecular weight is 567 g/mol. The van der Waals surface area contributed by atoms with Gasteiger partial charge in [-0.15, -0.1) is 10.2 Å². The van der Waals surface area contributed by atoms with Gasteiger partial charge in [0.05, 0.1) is 6.04 Å². The first-order valence-electron chi connectivity index (χ1n) is 13.3. The van der Waals surface area contributed by atoms with Gasteiger partial charge in [-0.3, -0.25) is 9.59 Å². The molecule has 0 spiro atoms. The van der Waals surface area contributed by atoms with Gasteiger partial charge in [0.2, 0.25) is 16.9 Å². The fourth-order valence-corrected chi connectivity index (χ4v) is 4.91. The van der Waals surface area contributed by atoms with Crippen molar-refractivity contribution < 1.29 is 19.1 Å². The van der Waals surface area contributed by atoms with Crippen molar-refractivity contribution in [3.8, 4) is 0 Å². The highest BCUT2D eigenvalue weighted by Crippen LogP contribution is 2.27. The van der Waals surface area contributed by atoms with E-state index in [1.54, 1.807) is 0 Å². The van der Waals surface area contributed by atoms with Gasteiger partial charge in [-0.05, 0) is 37.8 Å². The number of hydrogen-bond donors (Lipinski definition) is 4. The molecule has 11 heteroatoms. The number of benzene rings is 2. The van der Waals surface area contributed by atoms with Crippen LogP contribution in [0.1, 0.15) is 56.8 Å². The fraction of sp³-hybridized carbons (Fsp3) is 0.414. The zero-order valence-electron chi connectivity index (χ0n) is 23.5. The van der Waals surface area contributed by atoms with E-state index in [1.165, 1.54) is 18.3 Å². The lowest BCUT2D eigenvalue weighted by atomic mass is 10.0. The molecule has 3 aromatic rings. The maximum atomic E-state index is 13.6. The van der Waals surface area contributed by atoms with Gasteiger partial charge in [0.1, 0.15) is 23.7 Å². The molecule has 2 aromatic carbocycles. The minimum absolute atomic E-state index is 0.0249. The van der Waals surface area contributed by atoms with Crippen LogP contribution in [-0.2, 0) is 27.4 Å². The third-order valence-corrected chi connectivity index (χ3v) is 6.88. The molecule has 1 aromatic heterocycles. The van der Waals surface area contributed by atoms with E-state index in [1.807, 2.05) is 88.4 Å². The fourth-order valence-electron chi connectivity index (χ4n) is 3.80. The Hall–Kier alpha value is -3.99. The van der Waals surface area contributed by atoms with Gasteiger partial charge in [-0.1, -0.05) is 85.8 Å². The average Bonchev–Trinajstić information content (AvgIpc) is 3.38. The van der Waals surface area contributed by atoms with Crippen LogP contribution in [0, 0.1) is 5.92 Å². The molecule has 4 N–H and O–H groups in total. The highest BCUT2D eigenvalue weighted by Gasteiger charge is 2.29. The van der Waals surface area contributed by atoms with Crippen molar-refractivity contribution in [2.24, 2.45) is 5.92 Å². The van der Waals surface area contributed by atoms with Gasteiger partial charge in [0, 0.05) is 12.5 Å². The molecular formula is C29H38N6O4S. The standard InChI is InChI=1S/C29H38N6O4S/c1-18(2)24(27-34-35-28(40-27)30-19(3)4)33-26(37)23(16-21-12-8-6-9-13-21)32-25(36)20(5)31-29(38)39-17-22-14-10-7-11-15-22/h6-15,18-20,23-24H,16-17H2,1-5H3,(H,30,35)(H,31,38)(H,32,36)(H,33,37)/t20-,23-,24-/m0/s1. The van der Waals surface area contributed by atoms with Crippen LogP contribution >= 0.6 is 11.3 Å². The van der Waals surface area contributed by atoms with E-state index in [0.717, 1.165) is 11.1 Å². The molecule has 0 aliphatic rings. The second-order valence-corrected chi connectivity index (χ2v) is 11.2. The first kappa shape index (κ1) is 30.6. The summed E-state index contributed by atoms with van der Waals surface area (Å²) in [6.07, 6.45) is -0.456.